The van der Waals surface area contributed by atoms with Crippen LogP contribution in [0.25, 0.3) is 0 Å². The summed E-state index contributed by atoms with van der Waals surface area (Å²) in [5.74, 6) is 2.48. The van der Waals surface area contributed by atoms with Crippen molar-refractivity contribution in [3.05, 3.63) is 83.4 Å². The SMILES string of the molecule is CCN(CC)C(CNC(=NCc1nnc(C)n1C)NC(C)c1ccccc1)c1ccccc1. The highest BCUT2D eigenvalue weighted by Gasteiger charge is 2.19. The molecule has 0 radical (unpaired) electrons. The predicted molar refractivity (Wildman–Crippen MR) is 135 cm³/mol. The standard InChI is InChI=1S/C26H37N7/c1-6-33(7-2)24(23-16-12-9-13-17-23)18-27-26(28-19-25-31-30-21(4)32(25)5)29-20(3)22-14-10-8-11-15-22/h8-17,20,24H,6-7,18-19H2,1-5H3,(H2,27,28,29). The number of likely N-dealkylation sites (N-methyl/N-ethyl adjacent to an activating group) is 1. The molecule has 3 aromatic rings. The first-order valence-corrected chi connectivity index (χ1v) is 11.8. The molecule has 2 aromatic carbocycles. The van der Waals surface area contributed by atoms with Crippen molar-refractivity contribution in [2.45, 2.75) is 46.3 Å². The molecule has 1 aromatic heterocycles. The Kier molecular flexibility index (Phi) is 9.01. The molecule has 0 aliphatic rings. The zero-order valence-corrected chi connectivity index (χ0v) is 20.5. The largest absolute Gasteiger partial charge is 0.354 e. The molecule has 3 rings (SSSR count). The van der Waals surface area contributed by atoms with Gasteiger partial charge in [-0.3, -0.25) is 4.90 Å². The minimum Gasteiger partial charge on any atom is -0.354 e. The number of nitrogens with one attached hydrogen (secondary N) is 2. The molecule has 33 heavy (non-hydrogen) atoms. The van der Waals surface area contributed by atoms with E-state index in [-0.39, 0.29) is 12.1 Å². The summed E-state index contributed by atoms with van der Waals surface area (Å²) in [6.45, 7) is 11.7. The summed E-state index contributed by atoms with van der Waals surface area (Å²) in [5.41, 5.74) is 2.51. The fraction of sp³-hybridized carbons (Fsp3) is 0.423. The zero-order valence-electron chi connectivity index (χ0n) is 20.5. The van der Waals surface area contributed by atoms with Gasteiger partial charge in [0, 0.05) is 13.6 Å². The smallest absolute Gasteiger partial charge is 0.192 e. The lowest BCUT2D eigenvalue weighted by molar-refractivity contribution is 0.219. The summed E-state index contributed by atoms with van der Waals surface area (Å²) >= 11 is 0. The number of hydrogen-bond donors (Lipinski definition) is 2. The summed E-state index contributed by atoms with van der Waals surface area (Å²) in [5, 5.41) is 15.6. The van der Waals surface area contributed by atoms with Crippen LogP contribution >= 0.6 is 0 Å². The van der Waals surface area contributed by atoms with Crippen LogP contribution in [-0.4, -0.2) is 45.3 Å². The molecule has 1 heterocycles. The zero-order chi connectivity index (χ0) is 23.6. The number of aliphatic imine (C=N–C) groups is 1. The van der Waals surface area contributed by atoms with Crippen LogP contribution in [0.1, 0.15) is 55.6 Å². The Morgan fingerprint density at radius 3 is 2.12 bits per heavy atom. The van der Waals surface area contributed by atoms with Crippen LogP contribution in [-0.2, 0) is 13.6 Å². The molecule has 0 amide bonds. The van der Waals surface area contributed by atoms with Crippen molar-refractivity contribution in [3.8, 4) is 0 Å². The molecule has 2 N–H and O–H groups in total. The van der Waals surface area contributed by atoms with Gasteiger partial charge in [-0.15, -0.1) is 10.2 Å². The van der Waals surface area contributed by atoms with E-state index in [0.717, 1.165) is 37.2 Å². The highest BCUT2D eigenvalue weighted by Crippen LogP contribution is 2.19. The van der Waals surface area contributed by atoms with Gasteiger partial charge in [-0.05, 0) is 38.1 Å². The van der Waals surface area contributed by atoms with Crippen LogP contribution < -0.4 is 10.6 Å². The first-order chi connectivity index (χ1) is 16.0. The second kappa shape index (κ2) is 12.2. The third kappa shape index (κ3) is 6.65. The van der Waals surface area contributed by atoms with Gasteiger partial charge in [0.15, 0.2) is 11.8 Å². The van der Waals surface area contributed by atoms with E-state index in [2.05, 4.69) is 101 Å². The molecule has 0 aliphatic carbocycles. The lowest BCUT2D eigenvalue weighted by Crippen LogP contribution is -2.44. The molecule has 0 spiro atoms. The predicted octanol–water partition coefficient (Wildman–Crippen LogP) is 4.00. The van der Waals surface area contributed by atoms with Gasteiger partial charge in [-0.1, -0.05) is 74.5 Å². The maximum Gasteiger partial charge on any atom is 0.192 e. The molecule has 0 saturated carbocycles. The topological polar surface area (TPSA) is 70.4 Å². The van der Waals surface area contributed by atoms with Gasteiger partial charge in [-0.25, -0.2) is 4.99 Å². The second-order valence-corrected chi connectivity index (χ2v) is 8.19. The van der Waals surface area contributed by atoms with Crippen LogP contribution in [0.15, 0.2) is 65.7 Å². The van der Waals surface area contributed by atoms with Crippen LogP contribution in [0.2, 0.25) is 0 Å². The van der Waals surface area contributed by atoms with Crippen molar-refractivity contribution < 1.29 is 0 Å². The maximum atomic E-state index is 4.86. The quantitative estimate of drug-likeness (QED) is 0.363. The summed E-state index contributed by atoms with van der Waals surface area (Å²) in [7, 11) is 1.97. The van der Waals surface area contributed by atoms with E-state index < -0.39 is 0 Å². The van der Waals surface area contributed by atoms with E-state index in [9.17, 15) is 0 Å². The van der Waals surface area contributed by atoms with Gasteiger partial charge >= 0.3 is 0 Å². The number of rotatable bonds is 10. The number of aromatic nitrogens is 3. The monoisotopic (exact) mass is 447 g/mol. The van der Waals surface area contributed by atoms with Crippen molar-refractivity contribution >= 4 is 5.96 Å². The Labute approximate surface area is 198 Å². The number of aryl methyl sites for hydroxylation is 1. The molecule has 0 fully saturated rings. The third-order valence-electron chi connectivity index (χ3n) is 6.11. The molecule has 7 nitrogen and oxygen atoms in total. The van der Waals surface area contributed by atoms with Gasteiger partial charge in [-0.2, -0.15) is 0 Å². The van der Waals surface area contributed by atoms with E-state index in [1.165, 1.54) is 11.1 Å². The van der Waals surface area contributed by atoms with Crippen molar-refractivity contribution in [1.82, 2.24) is 30.3 Å². The van der Waals surface area contributed by atoms with Crippen LogP contribution in [0.4, 0.5) is 0 Å². The van der Waals surface area contributed by atoms with Crippen molar-refractivity contribution in [2.24, 2.45) is 12.0 Å². The molecular weight excluding hydrogens is 410 g/mol. The Morgan fingerprint density at radius 1 is 0.970 bits per heavy atom. The highest BCUT2D eigenvalue weighted by atomic mass is 15.3. The average Bonchev–Trinajstić information content (AvgIpc) is 3.18. The van der Waals surface area contributed by atoms with E-state index >= 15 is 0 Å². The van der Waals surface area contributed by atoms with Crippen molar-refractivity contribution in [2.75, 3.05) is 19.6 Å². The Bertz CT molecular complexity index is 994. The van der Waals surface area contributed by atoms with Gasteiger partial charge in [0.25, 0.3) is 0 Å². The first kappa shape index (κ1) is 24.5. The number of guanidine groups is 1. The number of nitrogens with zero attached hydrogens (tertiary/aromatic N) is 5. The minimum atomic E-state index is 0.113. The minimum absolute atomic E-state index is 0.113. The summed E-state index contributed by atoms with van der Waals surface area (Å²) < 4.78 is 1.98. The Hall–Kier alpha value is -3.19. The lowest BCUT2D eigenvalue weighted by atomic mass is 10.1. The fourth-order valence-electron chi connectivity index (χ4n) is 3.91. The second-order valence-electron chi connectivity index (χ2n) is 8.19. The van der Waals surface area contributed by atoms with Crippen LogP contribution in [0.5, 0.6) is 0 Å². The average molecular weight is 448 g/mol. The number of hydrogen-bond acceptors (Lipinski definition) is 4. The molecule has 7 heteroatoms. The van der Waals surface area contributed by atoms with Crippen molar-refractivity contribution in [1.29, 1.82) is 0 Å². The van der Waals surface area contributed by atoms with E-state index in [4.69, 9.17) is 4.99 Å². The van der Waals surface area contributed by atoms with E-state index in [0.29, 0.717) is 6.54 Å². The molecule has 0 aliphatic heterocycles. The Balaban J connectivity index is 1.80. The molecular formula is C26H37N7. The van der Waals surface area contributed by atoms with E-state index in [1.54, 1.807) is 0 Å². The summed E-state index contributed by atoms with van der Waals surface area (Å²) in [6.07, 6.45) is 0. The maximum absolute atomic E-state index is 4.86. The van der Waals surface area contributed by atoms with Crippen LogP contribution in [0.3, 0.4) is 0 Å². The van der Waals surface area contributed by atoms with Gasteiger partial charge < -0.3 is 15.2 Å². The van der Waals surface area contributed by atoms with Gasteiger partial charge in [0.2, 0.25) is 0 Å². The molecule has 176 valence electrons. The normalized spacial score (nSPS) is 13.7. The van der Waals surface area contributed by atoms with Crippen molar-refractivity contribution in [3.63, 3.8) is 0 Å². The van der Waals surface area contributed by atoms with Gasteiger partial charge in [0.05, 0.1) is 12.1 Å². The number of benzene rings is 2. The summed E-state index contributed by atoms with van der Waals surface area (Å²) in [6, 6.07) is 21.4. The highest BCUT2D eigenvalue weighted by molar-refractivity contribution is 5.80. The molecule has 2 unspecified atom stereocenters. The third-order valence-corrected chi connectivity index (χ3v) is 6.11. The molecule has 2 atom stereocenters. The van der Waals surface area contributed by atoms with Gasteiger partial charge in [0.1, 0.15) is 12.4 Å². The Morgan fingerprint density at radius 2 is 1.58 bits per heavy atom. The fourth-order valence-corrected chi connectivity index (χ4v) is 3.91. The lowest BCUT2D eigenvalue weighted by Gasteiger charge is -2.31. The molecule has 0 bridgehead atoms. The molecule has 0 saturated heterocycles. The summed E-state index contributed by atoms with van der Waals surface area (Å²) in [4.78, 5) is 7.33. The van der Waals surface area contributed by atoms with E-state index in [1.807, 2.05) is 24.6 Å². The first-order valence-electron chi connectivity index (χ1n) is 11.8. The van der Waals surface area contributed by atoms with Crippen LogP contribution in [0, 0.1) is 6.92 Å².